The largest absolute Gasteiger partial charge is 0.340 e. The Morgan fingerprint density at radius 1 is 1.03 bits per heavy atom. The third-order valence-corrected chi connectivity index (χ3v) is 6.06. The normalized spacial score (nSPS) is 17.2. The SMILES string of the molecule is O=C(NCCC1Cc2ccccc2C1)NC(CN1CCCC1=O)c1ccccc1. The quantitative estimate of drug-likeness (QED) is 0.759. The van der Waals surface area contributed by atoms with Crippen molar-refractivity contribution in [2.45, 2.75) is 38.1 Å². The maximum Gasteiger partial charge on any atom is 0.315 e. The molecule has 0 aromatic heterocycles. The predicted octanol–water partition coefficient (Wildman–Crippen LogP) is 3.45. The summed E-state index contributed by atoms with van der Waals surface area (Å²) in [5, 5.41) is 6.10. The molecule has 4 rings (SSSR count). The minimum atomic E-state index is -0.200. The second-order valence-electron chi connectivity index (χ2n) is 8.14. The molecule has 1 aliphatic heterocycles. The lowest BCUT2D eigenvalue weighted by atomic mass is 10.0. The first-order chi connectivity index (χ1) is 14.2. The van der Waals surface area contributed by atoms with Gasteiger partial charge in [-0.2, -0.15) is 0 Å². The molecule has 1 saturated heterocycles. The van der Waals surface area contributed by atoms with Crippen LogP contribution in [0.2, 0.25) is 0 Å². The number of hydrogen-bond acceptors (Lipinski definition) is 2. The van der Waals surface area contributed by atoms with Crippen LogP contribution in [0, 0.1) is 5.92 Å². The summed E-state index contributed by atoms with van der Waals surface area (Å²) in [5.41, 5.74) is 3.91. The average Bonchev–Trinajstić information content (AvgIpc) is 3.33. The highest BCUT2D eigenvalue weighted by Crippen LogP contribution is 2.28. The number of carbonyl (C=O) groups excluding carboxylic acids is 2. The molecule has 0 bridgehead atoms. The van der Waals surface area contributed by atoms with E-state index in [0.717, 1.165) is 37.8 Å². The molecular weight excluding hydrogens is 362 g/mol. The van der Waals surface area contributed by atoms with Gasteiger partial charge in [-0.25, -0.2) is 4.79 Å². The van der Waals surface area contributed by atoms with Gasteiger partial charge in [0, 0.05) is 26.1 Å². The molecule has 2 N–H and O–H groups in total. The second-order valence-corrected chi connectivity index (χ2v) is 8.14. The Morgan fingerprint density at radius 2 is 1.72 bits per heavy atom. The van der Waals surface area contributed by atoms with Gasteiger partial charge in [0.05, 0.1) is 6.04 Å². The zero-order chi connectivity index (χ0) is 20.1. The molecule has 1 fully saturated rings. The smallest absolute Gasteiger partial charge is 0.315 e. The van der Waals surface area contributed by atoms with Gasteiger partial charge in [-0.05, 0) is 48.3 Å². The molecule has 5 heteroatoms. The van der Waals surface area contributed by atoms with Crippen molar-refractivity contribution in [1.29, 1.82) is 0 Å². The Kier molecular flexibility index (Phi) is 6.13. The standard InChI is InChI=1S/C24H29N3O2/c28-23-11-6-14-27(23)17-22(19-7-2-1-3-8-19)26-24(29)25-13-12-18-15-20-9-4-5-10-21(20)16-18/h1-5,7-10,18,22H,6,11-17H2,(H2,25,26,29). The Morgan fingerprint density at radius 3 is 2.38 bits per heavy atom. The van der Waals surface area contributed by atoms with E-state index in [1.165, 1.54) is 11.1 Å². The van der Waals surface area contributed by atoms with Gasteiger partial charge >= 0.3 is 6.03 Å². The minimum absolute atomic E-state index is 0.166. The Balaban J connectivity index is 1.28. The Hall–Kier alpha value is -2.82. The van der Waals surface area contributed by atoms with Crippen LogP contribution in [-0.4, -0.2) is 36.5 Å². The fourth-order valence-corrected chi connectivity index (χ4v) is 4.49. The van der Waals surface area contributed by atoms with Crippen molar-refractivity contribution < 1.29 is 9.59 Å². The third kappa shape index (κ3) is 4.97. The number of likely N-dealkylation sites (tertiary alicyclic amines) is 1. The molecule has 2 aromatic carbocycles. The monoisotopic (exact) mass is 391 g/mol. The van der Waals surface area contributed by atoms with E-state index >= 15 is 0 Å². The molecule has 1 aliphatic carbocycles. The number of urea groups is 1. The van der Waals surface area contributed by atoms with Gasteiger partial charge < -0.3 is 15.5 Å². The van der Waals surface area contributed by atoms with Crippen molar-refractivity contribution >= 4 is 11.9 Å². The molecule has 29 heavy (non-hydrogen) atoms. The van der Waals surface area contributed by atoms with E-state index < -0.39 is 0 Å². The number of nitrogens with zero attached hydrogens (tertiary/aromatic N) is 1. The summed E-state index contributed by atoms with van der Waals surface area (Å²) in [6, 6.07) is 18.1. The molecule has 1 heterocycles. The first kappa shape index (κ1) is 19.5. The molecule has 0 radical (unpaired) electrons. The lowest BCUT2D eigenvalue weighted by molar-refractivity contribution is -0.128. The zero-order valence-electron chi connectivity index (χ0n) is 16.8. The number of carbonyl (C=O) groups is 2. The predicted molar refractivity (Wildman–Crippen MR) is 113 cm³/mol. The van der Waals surface area contributed by atoms with E-state index in [-0.39, 0.29) is 18.0 Å². The van der Waals surface area contributed by atoms with Crippen LogP contribution in [-0.2, 0) is 17.6 Å². The number of fused-ring (bicyclic) bond motifs is 1. The van der Waals surface area contributed by atoms with Crippen molar-refractivity contribution in [3.63, 3.8) is 0 Å². The minimum Gasteiger partial charge on any atom is -0.340 e. The van der Waals surface area contributed by atoms with Gasteiger partial charge in [0.2, 0.25) is 5.91 Å². The first-order valence-electron chi connectivity index (χ1n) is 10.6. The lowest BCUT2D eigenvalue weighted by Crippen LogP contribution is -2.43. The van der Waals surface area contributed by atoms with Gasteiger partial charge in [0.1, 0.15) is 0 Å². The maximum absolute atomic E-state index is 12.5. The van der Waals surface area contributed by atoms with Gasteiger partial charge in [0.15, 0.2) is 0 Å². The van der Waals surface area contributed by atoms with Crippen molar-refractivity contribution in [2.24, 2.45) is 5.92 Å². The third-order valence-electron chi connectivity index (χ3n) is 6.06. The summed E-state index contributed by atoms with van der Waals surface area (Å²) in [7, 11) is 0. The summed E-state index contributed by atoms with van der Waals surface area (Å²) in [6.07, 6.45) is 4.68. The van der Waals surface area contributed by atoms with Gasteiger partial charge in [-0.1, -0.05) is 54.6 Å². The van der Waals surface area contributed by atoms with Gasteiger partial charge in [-0.15, -0.1) is 0 Å². The van der Waals surface area contributed by atoms with Crippen LogP contribution in [0.25, 0.3) is 0 Å². The first-order valence-corrected chi connectivity index (χ1v) is 10.6. The van der Waals surface area contributed by atoms with Crippen LogP contribution in [0.4, 0.5) is 4.79 Å². The molecule has 5 nitrogen and oxygen atoms in total. The molecule has 0 saturated carbocycles. The summed E-state index contributed by atoms with van der Waals surface area (Å²) in [6.45, 7) is 1.95. The maximum atomic E-state index is 12.5. The molecule has 3 amide bonds. The number of benzene rings is 2. The number of amides is 3. The van der Waals surface area contributed by atoms with Crippen molar-refractivity contribution in [3.8, 4) is 0 Å². The molecular formula is C24H29N3O2. The highest BCUT2D eigenvalue weighted by atomic mass is 16.2. The molecule has 1 atom stereocenters. The van der Waals surface area contributed by atoms with Crippen LogP contribution in [0.1, 0.15) is 42.0 Å². The van der Waals surface area contributed by atoms with E-state index in [9.17, 15) is 9.59 Å². The topological polar surface area (TPSA) is 61.4 Å². The van der Waals surface area contributed by atoms with Crippen LogP contribution in [0.3, 0.4) is 0 Å². The summed E-state index contributed by atoms with van der Waals surface area (Å²) in [4.78, 5) is 26.4. The highest BCUT2D eigenvalue weighted by Gasteiger charge is 2.25. The lowest BCUT2D eigenvalue weighted by Gasteiger charge is -2.25. The summed E-state index contributed by atoms with van der Waals surface area (Å²) >= 11 is 0. The van der Waals surface area contributed by atoms with E-state index in [2.05, 4.69) is 34.9 Å². The second kappa shape index (κ2) is 9.12. The van der Waals surface area contributed by atoms with E-state index in [4.69, 9.17) is 0 Å². The van der Waals surface area contributed by atoms with Gasteiger partial charge in [-0.3, -0.25) is 4.79 Å². The molecule has 2 aliphatic rings. The van der Waals surface area contributed by atoms with E-state index in [1.807, 2.05) is 35.2 Å². The Labute approximate surface area is 172 Å². The fraction of sp³-hybridized carbons (Fsp3) is 0.417. The Bertz CT molecular complexity index is 827. The number of nitrogens with one attached hydrogen (secondary N) is 2. The van der Waals surface area contributed by atoms with Crippen molar-refractivity contribution in [3.05, 3.63) is 71.3 Å². The summed E-state index contributed by atoms with van der Waals surface area (Å²) in [5.74, 6) is 0.772. The molecule has 1 unspecified atom stereocenters. The number of hydrogen-bond donors (Lipinski definition) is 2. The van der Waals surface area contributed by atoms with Gasteiger partial charge in [0.25, 0.3) is 0 Å². The summed E-state index contributed by atoms with van der Waals surface area (Å²) < 4.78 is 0. The fourth-order valence-electron chi connectivity index (χ4n) is 4.49. The van der Waals surface area contributed by atoms with E-state index in [1.54, 1.807) is 0 Å². The molecule has 2 aromatic rings. The van der Waals surface area contributed by atoms with Crippen molar-refractivity contribution in [2.75, 3.05) is 19.6 Å². The molecule has 0 spiro atoms. The average molecular weight is 392 g/mol. The van der Waals surface area contributed by atoms with Crippen LogP contribution in [0.15, 0.2) is 54.6 Å². The van der Waals surface area contributed by atoms with Crippen LogP contribution < -0.4 is 10.6 Å². The van der Waals surface area contributed by atoms with Crippen molar-refractivity contribution in [1.82, 2.24) is 15.5 Å². The van der Waals surface area contributed by atoms with Crippen LogP contribution in [0.5, 0.6) is 0 Å². The highest BCUT2D eigenvalue weighted by molar-refractivity contribution is 5.78. The van der Waals surface area contributed by atoms with Crippen LogP contribution >= 0.6 is 0 Å². The number of rotatable bonds is 7. The van der Waals surface area contributed by atoms with E-state index in [0.29, 0.717) is 25.4 Å². The molecule has 152 valence electrons. The zero-order valence-corrected chi connectivity index (χ0v) is 16.8.